The van der Waals surface area contributed by atoms with Crippen molar-refractivity contribution in [2.24, 2.45) is 5.73 Å². The summed E-state index contributed by atoms with van der Waals surface area (Å²) in [4.78, 5) is 0. The Morgan fingerprint density at radius 3 is 2.00 bits per heavy atom. The predicted molar refractivity (Wildman–Crippen MR) is 79.8 cm³/mol. The van der Waals surface area contributed by atoms with Crippen molar-refractivity contribution >= 4 is 46.4 Å². The van der Waals surface area contributed by atoms with Crippen LogP contribution in [0.1, 0.15) is 5.56 Å². The van der Waals surface area contributed by atoms with Gasteiger partial charge in [-0.3, -0.25) is 0 Å². The van der Waals surface area contributed by atoms with Crippen molar-refractivity contribution in [3.8, 4) is 11.1 Å². The Bertz CT molecular complexity index is 570. The third-order valence-electron chi connectivity index (χ3n) is 2.62. The Kier molecular flexibility index (Phi) is 4.41. The Morgan fingerprint density at radius 2 is 1.44 bits per heavy atom. The van der Waals surface area contributed by atoms with Crippen molar-refractivity contribution in [3.63, 3.8) is 0 Å². The molecule has 0 aliphatic heterocycles. The van der Waals surface area contributed by atoms with Gasteiger partial charge in [-0.2, -0.15) is 0 Å². The molecule has 94 valence electrons. The van der Waals surface area contributed by atoms with Gasteiger partial charge in [0.1, 0.15) is 0 Å². The van der Waals surface area contributed by atoms with Crippen molar-refractivity contribution in [2.75, 3.05) is 0 Å². The molecule has 0 saturated carbocycles. The van der Waals surface area contributed by atoms with E-state index in [4.69, 9.17) is 52.1 Å². The lowest BCUT2D eigenvalue weighted by molar-refractivity contribution is 1.07. The number of nitrogens with two attached hydrogens (primary N) is 1. The summed E-state index contributed by atoms with van der Waals surface area (Å²) in [6, 6.07) is 9.12. The maximum atomic E-state index is 6.22. The fourth-order valence-electron chi connectivity index (χ4n) is 1.75. The molecular weight excluding hydrogens is 312 g/mol. The van der Waals surface area contributed by atoms with Crippen molar-refractivity contribution in [1.29, 1.82) is 0 Å². The topological polar surface area (TPSA) is 26.0 Å². The van der Waals surface area contributed by atoms with E-state index in [-0.39, 0.29) is 0 Å². The van der Waals surface area contributed by atoms with Gasteiger partial charge in [0.25, 0.3) is 0 Å². The van der Waals surface area contributed by atoms with E-state index in [0.717, 1.165) is 11.1 Å². The van der Waals surface area contributed by atoms with Crippen LogP contribution in [0.3, 0.4) is 0 Å². The maximum Gasteiger partial charge on any atom is 0.0686 e. The lowest BCUT2D eigenvalue weighted by Gasteiger charge is -2.13. The third-order valence-corrected chi connectivity index (χ3v) is 4.19. The van der Waals surface area contributed by atoms with Crippen LogP contribution >= 0.6 is 46.4 Å². The van der Waals surface area contributed by atoms with E-state index >= 15 is 0 Å². The highest BCUT2D eigenvalue weighted by molar-refractivity contribution is 6.50. The molecule has 2 N–H and O–H groups in total. The van der Waals surface area contributed by atoms with Gasteiger partial charge in [0.2, 0.25) is 0 Å². The average molecular weight is 321 g/mol. The summed E-state index contributed by atoms with van der Waals surface area (Å²) in [5, 5.41) is 1.50. The highest BCUT2D eigenvalue weighted by atomic mass is 35.5. The summed E-state index contributed by atoms with van der Waals surface area (Å²) >= 11 is 24.5. The lowest BCUT2D eigenvalue weighted by Crippen LogP contribution is -1.99. The van der Waals surface area contributed by atoms with Crippen LogP contribution in [0, 0.1) is 0 Å². The van der Waals surface area contributed by atoms with Gasteiger partial charge in [0, 0.05) is 12.1 Å². The smallest absolute Gasteiger partial charge is 0.0686 e. The zero-order chi connectivity index (χ0) is 13.3. The molecule has 18 heavy (non-hydrogen) atoms. The number of hydrogen-bond acceptors (Lipinski definition) is 1. The molecule has 0 saturated heterocycles. The van der Waals surface area contributed by atoms with Crippen LogP contribution < -0.4 is 5.73 Å². The number of benzene rings is 2. The fraction of sp³-hybridized carbons (Fsp3) is 0.0769. The van der Waals surface area contributed by atoms with Crippen molar-refractivity contribution in [3.05, 3.63) is 56.0 Å². The van der Waals surface area contributed by atoms with Crippen LogP contribution in [0.5, 0.6) is 0 Å². The second kappa shape index (κ2) is 5.68. The molecule has 1 nitrogen and oxygen atoms in total. The molecule has 0 radical (unpaired) electrons. The predicted octanol–water partition coefficient (Wildman–Crippen LogP) is 5.43. The van der Waals surface area contributed by atoms with Gasteiger partial charge in [0.15, 0.2) is 0 Å². The van der Waals surface area contributed by atoms with Gasteiger partial charge in [-0.25, -0.2) is 0 Å². The van der Waals surface area contributed by atoms with E-state index < -0.39 is 0 Å². The molecule has 2 aromatic carbocycles. The molecule has 0 spiro atoms. The van der Waals surface area contributed by atoms with Gasteiger partial charge in [-0.1, -0.05) is 70.7 Å². The highest BCUT2D eigenvalue weighted by Crippen LogP contribution is 2.44. The second-order valence-electron chi connectivity index (χ2n) is 3.70. The van der Waals surface area contributed by atoms with Crippen LogP contribution in [0.2, 0.25) is 20.1 Å². The molecule has 0 aliphatic carbocycles. The van der Waals surface area contributed by atoms with Crippen LogP contribution in [-0.2, 0) is 6.54 Å². The van der Waals surface area contributed by atoms with E-state index in [1.807, 2.05) is 24.3 Å². The van der Waals surface area contributed by atoms with Crippen molar-refractivity contribution in [1.82, 2.24) is 0 Å². The second-order valence-corrected chi connectivity index (χ2v) is 5.27. The normalized spacial score (nSPS) is 10.7. The summed E-state index contributed by atoms with van der Waals surface area (Å²) in [6.07, 6.45) is 0. The fourth-order valence-corrected chi connectivity index (χ4v) is 2.76. The zero-order valence-corrected chi connectivity index (χ0v) is 12.2. The molecule has 2 rings (SSSR count). The Labute approximate surface area is 125 Å². The lowest BCUT2D eigenvalue weighted by atomic mass is 9.99. The first-order valence-electron chi connectivity index (χ1n) is 5.17. The first-order valence-corrected chi connectivity index (χ1v) is 6.68. The van der Waals surface area contributed by atoms with E-state index in [1.54, 1.807) is 0 Å². The summed E-state index contributed by atoms with van der Waals surface area (Å²) in [5.74, 6) is 0. The molecule has 0 bridgehead atoms. The molecule has 0 fully saturated rings. The molecule has 0 heterocycles. The minimum atomic E-state index is 0.368. The maximum absolute atomic E-state index is 6.22. The quantitative estimate of drug-likeness (QED) is 0.734. The van der Waals surface area contributed by atoms with E-state index in [2.05, 4.69) is 0 Å². The summed E-state index contributed by atoms with van der Waals surface area (Å²) < 4.78 is 0. The molecule has 0 amide bonds. The van der Waals surface area contributed by atoms with Gasteiger partial charge in [-0.05, 0) is 17.2 Å². The summed E-state index contributed by atoms with van der Waals surface area (Å²) in [6.45, 7) is 0.382. The van der Waals surface area contributed by atoms with Crippen molar-refractivity contribution in [2.45, 2.75) is 6.54 Å². The van der Waals surface area contributed by atoms with Gasteiger partial charge < -0.3 is 5.73 Å². The van der Waals surface area contributed by atoms with Gasteiger partial charge in [0.05, 0.1) is 20.1 Å². The standard InChI is InChI=1S/C13H9Cl4N/c14-9-5-10(15)13(17)11(12(9)16)8-4-2-1-3-7(8)6-18/h1-5H,6,18H2. The number of rotatable bonds is 2. The summed E-state index contributed by atoms with van der Waals surface area (Å²) in [7, 11) is 0. The first-order chi connectivity index (χ1) is 8.56. The molecule has 2 aromatic rings. The Balaban J connectivity index is 2.78. The first kappa shape index (κ1) is 14.0. The third kappa shape index (κ3) is 2.47. The van der Waals surface area contributed by atoms with Crippen LogP contribution in [0.15, 0.2) is 30.3 Å². The van der Waals surface area contributed by atoms with Gasteiger partial charge >= 0.3 is 0 Å². The van der Waals surface area contributed by atoms with Crippen LogP contribution in [-0.4, -0.2) is 0 Å². The van der Waals surface area contributed by atoms with E-state index in [1.165, 1.54) is 6.07 Å². The van der Waals surface area contributed by atoms with Crippen LogP contribution in [0.25, 0.3) is 11.1 Å². The zero-order valence-electron chi connectivity index (χ0n) is 9.18. The number of hydrogen-bond donors (Lipinski definition) is 1. The Hall–Kier alpha value is -0.440. The van der Waals surface area contributed by atoms with Crippen molar-refractivity contribution < 1.29 is 0 Å². The highest BCUT2D eigenvalue weighted by Gasteiger charge is 2.17. The monoisotopic (exact) mass is 319 g/mol. The number of halogens is 4. The molecule has 0 aliphatic rings. The average Bonchev–Trinajstić information content (AvgIpc) is 2.37. The van der Waals surface area contributed by atoms with E-state index in [9.17, 15) is 0 Å². The largest absolute Gasteiger partial charge is 0.326 e. The molecule has 5 heteroatoms. The molecule has 0 aromatic heterocycles. The minimum absolute atomic E-state index is 0.368. The molecule has 0 atom stereocenters. The Morgan fingerprint density at radius 1 is 0.889 bits per heavy atom. The van der Waals surface area contributed by atoms with E-state index in [0.29, 0.717) is 32.2 Å². The molecule has 0 unspecified atom stereocenters. The van der Waals surface area contributed by atoms with Crippen LogP contribution in [0.4, 0.5) is 0 Å². The van der Waals surface area contributed by atoms with Gasteiger partial charge in [-0.15, -0.1) is 0 Å². The summed E-state index contributed by atoms with van der Waals surface area (Å²) in [5.41, 5.74) is 8.11. The SMILES string of the molecule is NCc1ccccc1-c1c(Cl)c(Cl)cc(Cl)c1Cl. The molecular formula is C13H9Cl4N. The minimum Gasteiger partial charge on any atom is -0.326 e.